The maximum atomic E-state index is 12.6. The summed E-state index contributed by atoms with van der Waals surface area (Å²) in [5.74, 6) is 0.516. The molecule has 0 aliphatic rings. The maximum absolute atomic E-state index is 12.6. The van der Waals surface area contributed by atoms with Crippen LogP contribution in [0.2, 0.25) is 0 Å². The Hall–Kier alpha value is -3.05. The minimum Gasteiger partial charge on any atom is -0.506 e. The zero-order valence-corrected chi connectivity index (χ0v) is 14.3. The normalized spacial score (nSPS) is 10.9. The second-order valence-corrected chi connectivity index (χ2v) is 6.48. The summed E-state index contributed by atoms with van der Waals surface area (Å²) in [6, 6.07) is 17.0. The Bertz CT molecular complexity index is 1110. The predicted molar refractivity (Wildman–Crippen MR) is 102 cm³/mol. The molecule has 2 heterocycles. The maximum Gasteiger partial charge on any atom is 0.260 e. The highest BCUT2D eigenvalue weighted by Gasteiger charge is 2.20. The molecule has 0 bridgehead atoms. The summed E-state index contributed by atoms with van der Waals surface area (Å²) < 4.78 is 5.36. The Morgan fingerprint density at radius 2 is 1.72 bits per heavy atom. The molecule has 0 spiro atoms. The smallest absolute Gasteiger partial charge is 0.260 e. The van der Waals surface area contributed by atoms with Crippen molar-refractivity contribution in [2.24, 2.45) is 0 Å². The molecule has 0 saturated heterocycles. The number of benzene rings is 2. The lowest BCUT2D eigenvalue weighted by Gasteiger charge is -2.10. The lowest BCUT2D eigenvalue weighted by Crippen LogP contribution is -2.09. The van der Waals surface area contributed by atoms with Crippen LogP contribution in [0.4, 0.5) is 0 Å². The zero-order valence-electron chi connectivity index (χ0n) is 13.4. The lowest BCUT2D eigenvalue weighted by atomic mass is 10.00. The fraction of sp³-hybridized carbons (Fsp3) is 0.0500. The van der Waals surface area contributed by atoms with E-state index in [2.05, 4.69) is 4.98 Å². The van der Waals surface area contributed by atoms with Crippen molar-refractivity contribution in [1.82, 2.24) is 4.98 Å². The summed E-state index contributed by atoms with van der Waals surface area (Å²) in [6.07, 6.45) is 0. The van der Waals surface area contributed by atoms with E-state index in [0.29, 0.717) is 21.5 Å². The van der Waals surface area contributed by atoms with Gasteiger partial charge in [-0.2, -0.15) is 0 Å². The number of nitrogens with one attached hydrogen (secondary N) is 1. The summed E-state index contributed by atoms with van der Waals surface area (Å²) in [5.41, 5.74) is 2.33. The lowest BCUT2D eigenvalue weighted by molar-refractivity contribution is 0.415. The van der Waals surface area contributed by atoms with Gasteiger partial charge < -0.3 is 14.8 Å². The molecule has 0 aliphatic carbocycles. The summed E-state index contributed by atoms with van der Waals surface area (Å²) in [7, 11) is 1.54. The molecule has 0 saturated carbocycles. The van der Waals surface area contributed by atoms with Crippen LogP contribution in [0.3, 0.4) is 0 Å². The Balaban J connectivity index is 2.06. The first-order valence-electron chi connectivity index (χ1n) is 7.76. The van der Waals surface area contributed by atoms with Gasteiger partial charge in [-0.05, 0) is 11.6 Å². The Morgan fingerprint density at radius 3 is 2.48 bits per heavy atom. The van der Waals surface area contributed by atoms with Crippen LogP contribution in [-0.4, -0.2) is 17.2 Å². The van der Waals surface area contributed by atoms with Gasteiger partial charge in [-0.15, -0.1) is 11.3 Å². The number of aromatic nitrogens is 1. The molecule has 4 nitrogen and oxygen atoms in total. The zero-order chi connectivity index (χ0) is 17.4. The molecule has 2 N–H and O–H groups in total. The van der Waals surface area contributed by atoms with Crippen molar-refractivity contribution in [2.75, 3.05) is 7.11 Å². The van der Waals surface area contributed by atoms with Gasteiger partial charge in [0.15, 0.2) is 0 Å². The number of methoxy groups -OCH3 is 1. The summed E-state index contributed by atoms with van der Waals surface area (Å²) >= 11 is 1.40. The van der Waals surface area contributed by atoms with E-state index in [1.807, 2.05) is 47.8 Å². The number of thiophene rings is 1. The molecule has 5 heteroatoms. The van der Waals surface area contributed by atoms with E-state index >= 15 is 0 Å². The molecule has 25 heavy (non-hydrogen) atoms. The van der Waals surface area contributed by atoms with E-state index in [-0.39, 0.29) is 16.9 Å². The molecule has 4 aromatic rings. The number of hydrogen-bond donors (Lipinski definition) is 2. The van der Waals surface area contributed by atoms with E-state index in [0.717, 1.165) is 11.1 Å². The van der Waals surface area contributed by atoms with Crippen LogP contribution >= 0.6 is 11.3 Å². The molecule has 0 unspecified atom stereocenters. The van der Waals surface area contributed by atoms with E-state index in [1.54, 1.807) is 19.2 Å². The Labute approximate surface area is 148 Å². The monoisotopic (exact) mass is 349 g/mol. The SMILES string of the molecule is COc1ccccc1-c1c(O)c2c(-c3ccccc3)csc2[nH]c1=O. The minimum atomic E-state index is -0.337. The van der Waals surface area contributed by atoms with Crippen molar-refractivity contribution in [3.63, 3.8) is 0 Å². The van der Waals surface area contributed by atoms with Crippen molar-refractivity contribution in [3.8, 4) is 33.8 Å². The largest absolute Gasteiger partial charge is 0.506 e. The highest BCUT2D eigenvalue weighted by molar-refractivity contribution is 7.17. The Kier molecular flexibility index (Phi) is 3.78. The topological polar surface area (TPSA) is 62.3 Å². The van der Waals surface area contributed by atoms with Crippen LogP contribution in [-0.2, 0) is 0 Å². The third-order valence-electron chi connectivity index (χ3n) is 4.18. The van der Waals surface area contributed by atoms with E-state index < -0.39 is 0 Å². The summed E-state index contributed by atoms with van der Waals surface area (Å²) in [6.45, 7) is 0. The predicted octanol–water partition coefficient (Wildman–Crippen LogP) is 4.64. The van der Waals surface area contributed by atoms with Crippen LogP contribution in [0.15, 0.2) is 64.8 Å². The van der Waals surface area contributed by atoms with Crippen molar-refractivity contribution in [3.05, 3.63) is 70.3 Å². The highest BCUT2D eigenvalue weighted by Crippen LogP contribution is 2.43. The van der Waals surface area contributed by atoms with Crippen molar-refractivity contribution in [1.29, 1.82) is 0 Å². The van der Waals surface area contributed by atoms with Gasteiger partial charge in [0.1, 0.15) is 16.3 Å². The first kappa shape index (κ1) is 15.5. The molecule has 0 fully saturated rings. The second-order valence-electron chi connectivity index (χ2n) is 5.60. The van der Waals surface area contributed by atoms with Gasteiger partial charge in [0.2, 0.25) is 0 Å². The number of hydrogen-bond acceptors (Lipinski definition) is 4. The second kappa shape index (κ2) is 6.11. The number of aromatic amines is 1. The molecular weight excluding hydrogens is 334 g/mol. The molecule has 2 aromatic heterocycles. The summed E-state index contributed by atoms with van der Waals surface area (Å²) in [5, 5.41) is 13.6. The van der Waals surface area contributed by atoms with Crippen molar-refractivity contribution >= 4 is 21.6 Å². The van der Waals surface area contributed by atoms with Gasteiger partial charge in [-0.3, -0.25) is 4.79 Å². The van der Waals surface area contributed by atoms with Gasteiger partial charge in [0, 0.05) is 16.5 Å². The molecule has 0 radical (unpaired) electrons. The number of fused-ring (bicyclic) bond motifs is 1. The fourth-order valence-corrected chi connectivity index (χ4v) is 3.98. The standard InChI is InChI=1S/C20H15NO3S/c1-24-15-10-6-5-9-13(15)16-18(22)17-14(12-7-3-2-4-8-12)11-25-20(17)21-19(16)23/h2-11H,1H3,(H2,21,22,23). The average Bonchev–Trinajstić information content (AvgIpc) is 3.07. The average molecular weight is 349 g/mol. The quantitative estimate of drug-likeness (QED) is 0.566. The molecule has 0 amide bonds. The van der Waals surface area contributed by atoms with Gasteiger partial charge in [-0.1, -0.05) is 48.5 Å². The van der Waals surface area contributed by atoms with Crippen LogP contribution < -0.4 is 10.3 Å². The molecule has 4 rings (SSSR count). The number of H-pyrrole nitrogens is 1. The van der Waals surface area contributed by atoms with Crippen molar-refractivity contribution < 1.29 is 9.84 Å². The Morgan fingerprint density at radius 1 is 1.00 bits per heavy atom. The van der Waals surface area contributed by atoms with Crippen molar-refractivity contribution in [2.45, 2.75) is 0 Å². The van der Waals surface area contributed by atoms with Gasteiger partial charge in [-0.25, -0.2) is 0 Å². The first-order valence-corrected chi connectivity index (χ1v) is 8.64. The molecule has 0 atom stereocenters. The third kappa shape index (κ3) is 2.49. The van der Waals surface area contributed by atoms with Crippen LogP contribution in [0.1, 0.15) is 0 Å². The minimum absolute atomic E-state index is 0.0247. The third-order valence-corrected chi connectivity index (χ3v) is 5.08. The number of ether oxygens (including phenoxy) is 1. The van der Waals surface area contributed by atoms with Crippen LogP contribution in [0.5, 0.6) is 11.5 Å². The van der Waals surface area contributed by atoms with E-state index in [9.17, 15) is 9.90 Å². The fourth-order valence-electron chi connectivity index (χ4n) is 3.01. The van der Waals surface area contributed by atoms with Gasteiger partial charge >= 0.3 is 0 Å². The highest BCUT2D eigenvalue weighted by atomic mass is 32.1. The molecule has 2 aromatic carbocycles. The number of pyridine rings is 1. The number of rotatable bonds is 3. The van der Waals surface area contributed by atoms with E-state index in [1.165, 1.54) is 11.3 Å². The van der Waals surface area contributed by atoms with Crippen LogP contribution in [0.25, 0.3) is 32.5 Å². The molecule has 124 valence electrons. The van der Waals surface area contributed by atoms with Crippen LogP contribution in [0, 0.1) is 0 Å². The van der Waals surface area contributed by atoms with E-state index in [4.69, 9.17) is 4.74 Å². The number of aromatic hydroxyl groups is 1. The molecular formula is C20H15NO3S. The molecule has 0 aliphatic heterocycles. The van der Waals surface area contributed by atoms with Gasteiger partial charge in [0.05, 0.1) is 18.1 Å². The van der Waals surface area contributed by atoms with Gasteiger partial charge in [0.25, 0.3) is 5.56 Å². The first-order chi connectivity index (χ1) is 12.2. The number of para-hydroxylation sites is 1. The summed E-state index contributed by atoms with van der Waals surface area (Å²) in [4.78, 5) is 16.1.